The molecule has 0 aliphatic carbocycles. The highest BCUT2D eigenvalue weighted by Gasteiger charge is 2.39. The van der Waals surface area contributed by atoms with Crippen LogP contribution in [0.3, 0.4) is 0 Å². The number of methoxy groups -OCH3 is 1. The van der Waals surface area contributed by atoms with E-state index in [1.54, 1.807) is 0 Å². The molecule has 0 heterocycles. The van der Waals surface area contributed by atoms with E-state index >= 15 is 0 Å². The molecule has 0 bridgehead atoms. The zero-order valence-electron chi connectivity index (χ0n) is 13.8. The average molecular weight is 306 g/mol. The van der Waals surface area contributed by atoms with Gasteiger partial charge < -0.3 is 9.16 Å². The van der Waals surface area contributed by atoms with Gasteiger partial charge in [0.15, 0.2) is 8.32 Å². The number of esters is 1. The molecular weight excluding hydrogens is 280 g/mol. The summed E-state index contributed by atoms with van der Waals surface area (Å²) in [4.78, 5) is 12.1. The highest BCUT2D eigenvalue weighted by molar-refractivity contribution is 6.69. The van der Waals surface area contributed by atoms with Crippen molar-refractivity contribution in [1.29, 1.82) is 0 Å². The van der Waals surface area contributed by atoms with Crippen LogP contribution in [-0.2, 0) is 14.0 Å². The van der Waals surface area contributed by atoms with Gasteiger partial charge in [0.2, 0.25) is 0 Å². The van der Waals surface area contributed by atoms with Gasteiger partial charge in [0.05, 0.1) is 18.6 Å². The van der Waals surface area contributed by atoms with Gasteiger partial charge in [-0.05, 0) is 39.1 Å². The molecule has 4 heteroatoms. The molecule has 1 rings (SSSR count). The molecule has 1 atom stereocenters. The Bertz CT molecular complexity index is 487. The lowest BCUT2D eigenvalue weighted by molar-refractivity contribution is -0.154. The average Bonchev–Trinajstić information content (AvgIpc) is 2.42. The van der Waals surface area contributed by atoms with E-state index in [0.29, 0.717) is 0 Å². The van der Waals surface area contributed by atoms with E-state index in [1.807, 2.05) is 56.3 Å². The summed E-state index contributed by atoms with van der Waals surface area (Å²) in [6, 6.07) is 9.99. The first kappa shape index (κ1) is 17.7. The number of rotatable bonds is 6. The highest BCUT2D eigenvalue weighted by Crippen LogP contribution is 2.29. The Hall–Kier alpha value is -1.39. The van der Waals surface area contributed by atoms with Gasteiger partial charge in [-0.2, -0.15) is 0 Å². The standard InChI is InChI=1S/C17H26O3Si/c1-17(2,16(18)19-3)15(20-21(4,5)6)13-12-14-10-8-7-9-11-14/h7-13,15H,1-6H3/b13-12+/t15-/m0/s1. The fourth-order valence-corrected chi connectivity index (χ4v) is 3.08. The second kappa shape index (κ2) is 7.05. The Morgan fingerprint density at radius 3 is 2.24 bits per heavy atom. The monoisotopic (exact) mass is 306 g/mol. The van der Waals surface area contributed by atoms with Gasteiger partial charge in [0, 0.05) is 0 Å². The second-order valence-electron chi connectivity index (χ2n) is 6.63. The van der Waals surface area contributed by atoms with Crippen LogP contribution in [0.2, 0.25) is 19.6 Å². The molecular formula is C17H26O3Si. The molecule has 21 heavy (non-hydrogen) atoms. The third-order valence-electron chi connectivity index (χ3n) is 3.17. The molecule has 0 aromatic heterocycles. The van der Waals surface area contributed by atoms with Crippen LogP contribution in [0.4, 0.5) is 0 Å². The Morgan fingerprint density at radius 2 is 1.76 bits per heavy atom. The summed E-state index contributed by atoms with van der Waals surface area (Å²) in [5.41, 5.74) is 0.364. The minimum absolute atomic E-state index is 0.261. The number of hydrogen-bond acceptors (Lipinski definition) is 3. The molecule has 0 radical (unpaired) electrons. The van der Waals surface area contributed by atoms with Crippen molar-refractivity contribution >= 4 is 20.4 Å². The van der Waals surface area contributed by atoms with Crippen molar-refractivity contribution in [1.82, 2.24) is 0 Å². The number of hydrogen-bond donors (Lipinski definition) is 0. The Labute approximate surface area is 129 Å². The fraction of sp³-hybridized carbons (Fsp3) is 0.471. The van der Waals surface area contributed by atoms with Crippen molar-refractivity contribution in [2.24, 2.45) is 5.41 Å². The Kier molecular flexibility index (Phi) is 5.93. The lowest BCUT2D eigenvalue weighted by atomic mass is 9.86. The Balaban J connectivity index is 3.03. The van der Waals surface area contributed by atoms with Gasteiger partial charge in [-0.3, -0.25) is 4.79 Å². The summed E-state index contributed by atoms with van der Waals surface area (Å²) in [7, 11) is -0.373. The molecule has 0 unspecified atom stereocenters. The maximum Gasteiger partial charge on any atom is 0.314 e. The molecule has 0 saturated heterocycles. The first-order valence-electron chi connectivity index (χ1n) is 7.16. The maximum absolute atomic E-state index is 12.1. The summed E-state index contributed by atoms with van der Waals surface area (Å²) in [5.74, 6) is -0.261. The van der Waals surface area contributed by atoms with Gasteiger partial charge >= 0.3 is 5.97 Å². The third-order valence-corrected chi connectivity index (χ3v) is 4.13. The molecule has 0 spiro atoms. The molecule has 0 amide bonds. The molecule has 0 aliphatic rings. The van der Waals surface area contributed by atoms with Gasteiger partial charge in [0.25, 0.3) is 0 Å². The second-order valence-corrected chi connectivity index (χ2v) is 11.1. The van der Waals surface area contributed by atoms with E-state index in [1.165, 1.54) is 7.11 Å². The largest absolute Gasteiger partial charge is 0.469 e. The van der Waals surface area contributed by atoms with Crippen LogP contribution in [0.25, 0.3) is 6.08 Å². The Morgan fingerprint density at radius 1 is 1.19 bits per heavy atom. The molecule has 0 saturated carbocycles. The lowest BCUT2D eigenvalue weighted by Gasteiger charge is -2.34. The quantitative estimate of drug-likeness (QED) is 0.586. The summed E-state index contributed by atoms with van der Waals surface area (Å²) < 4.78 is 11.1. The van der Waals surface area contributed by atoms with E-state index in [-0.39, 0.29) is 12.1 Å². The topological polar surface area (TPSA) is 35.5 Å². The van der Waals surface area contributed by atoms with E-state index in [0.717, 1.165) is 5.56 Å². The summed E-state index contributed by atoms with van der Waals surface area (Å²) in [6.07, 6.45) is 3.65. The number of carbonyl (C=O) groups is 1. The number of ether oxygens (including phenoxy) is 1. The van der Waals surface area contributed by atoms with Crippen molar-refractivity contribution < 1.29 is 14.0 Å². The molecule has 1 aromatic carbocycles. The molecule has 1 aromatic rings. The first-order chi connectivity index (χ1) is 9.66. The van der Waals surface area contributed by atoms with Crippen LogP contribution in [0.5, 0.6) is 0 Å². The first-order valence-corrected chi connectivity index (χ1v) is 10.6. The SMILES string of the molecule is COC(=O)C(C)(C)[C@H](/C=C/c1ccccc1)O[Si](C)(C)C. The van der Waals surface area contributed by atoms with Crippen molar-refractivity contribution in [3.8, 4) is 0 Å². The van der Waals surface area contributed by atoms with E-state index in [9.17, 15) is 4.79 Å². The van der Waals surface area contributed by atoms with Crippen LogP contribution < -0.4 is 0 Å². The lowest BCUT2D eigenvalue weighted by Crippen LogP contribution is -2.44. The van der Waals surface area contributed by atoms with E-state index in [2.05, 4.69) is 19.6 Å². The number of carbonyl (C=O) groups excluding carboxylic acids is 1. The van der Waals surface area contributed by atoms with Crippen LogP contribution in [-0.4, -0.2) is 27.5 Å². The minimum atomic E-state index is -1.79. The summed E-state index contributed by atoms with van der Waals surface area (Å²) >= 11 is 0. The van der Waals surface area contributed by atoms with Crippen LogP contribution in [0, 0.1) is 5.41 Å². The minimum Gasteiger partial charge on any atom is -0.469 e. The predicted octanol–water partition coefficient (Wildman–Crippen LogP) is 4.12. The van der Waals surface area contributed by atoms with Crippen molar-refractivity contribution in [3.05, 3.63) is 42.0 Å². The molecule has 0 aliphatic heterocycles. The smallest absolute Gasteiger partial charge is 0.314 e. The van der Waals surface area contributed by atoms with E-state index in [4.69, 9.17) is 9.16 Å². The van der Waals surface area contributed by atoms with Gasteiger partial charge in [-0.1, -0.05) is 42.5 Å². The predicted molar refractivity (Wildman–Crippen MR) is 89.5 cm³/mol. The molecule has 0 N–H and O–H groups in total. The molecule has 116 valence electrons. The van der Waals surface area contributed by atoms with Gasteiger partial charge in [0.1, 0.15) is 0 Å². The van der Waals surface area contributed by atoms with Crippen molar-refractivity contribution in [3.63, 3.8) is 0 Å². The van der Waals surface area contributed by atoms with Gasteiger partial charge in [-0.25, -0.2) is 0 Å². The number of benzene rings is 1. The highest BCUT2D eigenvalue weighted by atomic mass is 28.4. The summed E-state index contributed by atoms with van der Waals surface area (Å²) in [5, 5.41) is 0. The van der Waals surface area contributed by atoms with Crippen molar-refractivity contribution in [2.75, 3.05) is 7.11 Å². The van der Waals surface area contributed by atoms with Crippen LogP contribution >= 0.6 is 0 Å². The normalized spacial score (nSPS) is 14.2. The fourth-order valence-electron chi connectivity index (χ4n) is 1.95. The molecule has 0 fully saturated rings. The third kappa shape index (κ3) is 5.48. The van der Waals surface area contributed by atoms with E-state index < -0.39 is 13.7 Å². The van der Waals surface area contributed by atoms with Crippen LogP contribution in [0.15, 0.2) is 36.4 Å². The van der Waals surface area contributed by atoms with Gasteiger partial charge in [-0.15, -0.1) is 0 Å². The van der Waals surface area contributed by atoms with Crippen molar-refractivity contribution in [2.45, 2.75) is 39.6 Å². The zero-order chi connectivity index (χ0) is 16.1. The molecule has 3 nitrogen and oxygen atoms in total. The zero-order valence-corrected chi connectivity index (χ0v) is 14.8. The van der Waals surface area contributed by atoms with Crippen LogP contribution in [0.1, 0.15) is 19.4 Å². The maximum atomic E-state index is 12.1. The summed E-state index contributed by atoms with van der Waals surface area (Å²) in [6.45, 7) is 10.1.